The largest absolute Gasteiger partial charge is 0.384 e. The van der Waals surface area contributed by atoms with Crippen molar-refractivity contribution in [1.29, 1.82) is 0 Å². The summed E-state index contributed by atoms with van der Waals surface area (Å²) in [5.41, 5.74) is 0.540. The first-order valence-electron chi connectivity index (χ1n) is 5.17. The number of carbonyl (C=O) groups excluding carboxylic acids is 1. The Kier molecular flexibility index (Phi) is 6.32. The molecule has 0 aliphatic carbocycles. The molecule has 17 heavy (non-hydrogen) atoms. The van der Waals surface area contributed by atoms with Crippen LogP contribution in [0.4, 0.5) is 5.69 Å². The molecule has 0 radical (unpaired) electrons. The summed E-state index contributed by atoms with van der Waals surface area (Å²) in [7, 11) is 1.64. The predicted octanol–water partition coefficient (Wildman–Crippen LogP) is 2.44. The van der Waals surface area contributed by atoms with Gasteiger partial charge in [0.2, 0.25) is 5.91 Å². The smallest absolute Gasteiger partial charge is 0.237 e. The van der Waals surface area contributed by atoms with Gasteiger partial charge in [0.1, 0.15) is 0 Å². The summed E-state index contributed by atoms with van der Waals surface area (Å²) in [6.45, 7) is 2.48. The van der Waals surface area contributed by atoms with Gasteiger partial charge in [0, 0.05) is 19.1 Å². The maximum atomic E-state index is 11.8. The van der Waals surface area contributed by atoms with Crippen LogP contribution in [-0.4, -0.2) is 35.6 Å². The number of hydrogen-bond donors (Lipinski definition) is 1. The van der Waals surface area contributed by atoms with Gasteiger partial charge in [-0.2, -0.15) is 0 Å². The molecule has 0 fully saturated rings. The zero-order valence-corrected chi connectivity index (χ0v) is 11.3. The second-order valence-corrected chi connectivity index (χ2v) is 5.14. The van der Waals surface area contributed by atoms with Crippen molar-refractivity contribution >= 4 is 35.0 Å². The third-order valence-electron chi connectivity index (χ3n) is 2.04. The predicted molar refractivity (Wildman–Crippen MR) is 71.7 cm³/mol. The zero-order valence-electron chi connectivity index (χ0n) is 9.77. The van der Waals surface area contributed by atoms with E-state index < -0.39 is 0 Å². The van der Waals surface area contributed by atoms with Crippen LogP contribution < -0.4 is 5.32 Å². The van der Waals surface area contributed by atoms with Crippen LogP contribution in [0.5, 0.6) is 0 Å². The van der Waals surface area contributed by atoms with Gasteiger partial charge >= 0.3 is 0 Å². The summed E-state index contributed by atoms with van der Waals surface area (Å²) >= 11 is 7.38. The topological polar surface area (TPSA) is 51.2 Å². The van der Waals surface area contributed by atoms with Gasteiger partial charge in [-0.15, -0.1) is 11.8 Å². The highest BCUT2D eigenvalue weighted by molar-refractivity contribution is 8.00. The first-order chi connectivity index (χ1) is 8.15. The van der Waals surface area contributed by atoms with Crippen molar-refractivity contribution in [3.05, 3.63) is 23.5 Å². The number of aromatic nitrogens is 1. The van der Waals surface area contributed by atoms with Crippen LogP contribution in [0.15, 0.2) is 18.3 Å². The van der Waals surface area contributed by atoms with Crippen molar-refractivity contribution in [1.82, 2.24) is 4.98 Å². The van der Waals surface area contributed by atoms with Gasteiger partial charge in [-0.3, -0.25) is 4.79 Å². The molecular weight excluding hydrogens is 260 g/mol. The number of nitrogens with one attached hydrogen (secondary N) is 1. The number of hydrogen-bond acceptors (Lipinski definition) is 4. The lowest BCUT2D eigenvalue weighted by molar-refractivity contribution is -0.115. The maximum absolute atomic E-state index is 11.8. The van der Waals surface area contributed by atoms with Gasteiger partial charge in [-0.05, 0) is 19.1 Å². The molecule has 0 aliphatic rings. The number of rotatable bonds is 6. The van der Waals surface area contributed by atoms with Crippen LogP contribution in [0.25, 0.3) is 0 Å². The number of nitrogens with zero attached hydrogens (tertiary/aromatic N) is 1. The highest BCUT2D eigenvalue weighted by Gasteiger charge is 2.14. The lowest BCUT2D eigenvalue weighted by Crippen LogP contribution is -2.23. The molecule has 0 saturated carbocycles. The average Bonchev–Trinajstić information content (AvgIpc) is 2.32. The van der Waals surface area contributed by atoms with Crippen molar-refractivity contribution in [3.8, 4) is 0 Å². The molecule has 1 atom stereocenters. The Balaban J connectivity index is 2.46. The van der Waals surface area contributed by atoms with E-state index in [0.29, 0.717) is 17.4 Å². The van der Waals surface area contributed by atoms with Crippen molar-refractivity contribution in [3.63, 3.8) is 0 Å². The van der Waals surface area contributed by atoms with Crippen LogP contribution in [-0.2, 0) is 9.53 Å². The summed E-state index contributed by atoms with van der Waals surface area (Å²) in [5.74, 6) is 0.701. The van der Waals surface area contributed by atoms with Crippen LogP contribution >= 0.6 is 23.4 Å². The molecule has 0 spiro atoms. The Morgan fingerprint density at radius 3 is 3.12 bits per heavy atom. The number of methoxy groups -OCH3 is 1. The van der Waals surface area contributed by atoms with E-state index in [9.17, 15) is 4.79 Å². The molecule has 0 aliphatic heterocycles. The van der Waals surface area contributed by atoms with Gasteiger partial charge in [-0.1, -0.05) is 11.6 Å². The Bertz CT molecular complexity index is 376. The van der Waals surface area contributed by atoms with E-state index in [0.717, 1.165) is 5.75 Å². The Hall–Kier alpha value is -0.780. The Labute approximate surface area is 110 Å². The normalized spacial score (nSPS) is 12.2. The molecule has 4 nitrogen and oxygen atoms in total. The molecule has 94 valence electrons. The fourth-order valence-electron chi connectivity index (χ4n) is 1.10. The molecule has 1 aromatic heterocycles. The molecule has 1 aromatic rings. The van der Waals surface area contributed by atoms with Gasteiger partial charge in [0.05, 0.1) is 17.5 Å². The second-order valence-electron chi connectivity index (χ2n) is 3.34. The molecule has 1 amide bonds. The minimum Gasteiger partial charge on any atom is -0.384 e. The monoisotopic (exact) mass is 274 g/mol. The van der Waals surface area contributed by atoms with Crippen LogP contribution in [0, 0.1) is 0 Å². The molecule has 1 unspecified atom stereocenters. The van der Waals surface area contributed by atoms with Crippen LogP contribution in [0.2, 0.25) is 5.15 Å². The first kappa shape index (κ1) is 14.3. The number of anilines is 1. The molecule has 0 saturated heterocycles. The highest BCUT2D eigenvalue weighted by Crippen LogP contribution is 2.19. The standard InChI is InChI=1S/C11H15ClN2O2S/c1-8(17-7-6-16-2)11(15)14-9-4-3-5-13-10(9)12/h3-5,8H,6-7H2,1-2H3,(H,14,15). The van der Waals surface area contributed by atoms with E-state index >= 15 is 0 Å². The summed E-state index contributed by atoms with van der Waals surface area (Å²) < 4.78 is 4.93. The fraction of sp³-hybridized carbons (Fsp3) is 0.455. The average molecular weight is 275 g/mol. The second kappa shape index (κ2) is 7.53. The number of carbonyl (C=O) groups is 1. The van der Waals surface area contributed by atoms with E-state index in [1.165, 1.54) is 11.8 Å². The van der Waals surface area contributed by atoms with Gasteiger partial charge in [0.25, 0.3) is 0 Å². The third kappa shape index (κ3) is 4.93. The van der Waals surface area contributed by atoms with Gasteiger partial charge in [0.15, 0.2) is 5.15 Å². The van der Waals surface area contributed by atoms with Crippen molar-refractivity contribution < 1.29 is 9.53 Å². The Morgan fingerprint density at radius 2 is 2.47 bits per heavy atom. The van der Waals surface area contributed by atoms with Gasteiger partial charge in [-0.25, -0.2) is 4.98 Å². The summed E-state index contributed by atoms with van der Waals surface area (Å²) in [6.07, 6.45) is 1.58. The molecule has 1 heterocycles. The molecule has 6 heteroatoms. The van der Waals surface area contributed by atoms with E-state index in [-0.39, 0.29) is 11.2 Å². The minimum absolute atomic E-state index is 0.0824. The van der Waals surface area contributed by atoms with Gasteiger partial charge < -0.3 is 10.1 Å². The molecular formula is C11H15ClN2O2S. The SMILES string of the molecule is COCCSC(C)C(=O)Nc1cccnc1Cl. The fourth-order valence-corrected chi connectivity index (χ4v) is 2.09. The number of thioether (sulfide) groups is 1. The lowest BCUT2D eigenvalue weighted by atomic mass is 10.4. The van der Waals surface area contributed by atoms with E-state index in [2.05, 4.69) is 10.3 Å². The third-order valence-corrected chi connectivity index (χ3v) is 3.46. The molecule has 0 aromatic carbocycles. The lowest BCUT2D eigenvalue weighted by Gasteiger charge is -2.12. The molecule has 1 rings (SSSR count). The minimum atomic E-state index is -0.151. The number of halogens is 1. The number of amides is 1. The quantitative estimate of drug-likeness (QED) is 0.639. The van der Waals surface area contributed by atoms with Crippen LogP contribution in [0.1, 0.15) is 6.92 Å². The van der Waals surface area contributed by atoms with E-state index in [4.69, 9.17) is 16.3 Å². The van der Waals surface area contributed by atoms with E-state index in [1.54, 1.807) is 25.4 Å². The summed E-state index contributed by atoms with van der Waals surface area (Å²) in [4.78, 5) is 15.7. The molecule has 1 N–H and O–H groups in total. The number of pyridine rings is 1. The number of ether oxygens (including phenoxy) is 1. The van der Waals surface area contributed by atoms with Crippen molar-refractivity contribution in [2.75, 3.05) is 24.8 Å². The molecule has 0 bridgehead atoms. The maximum Gasteiger partial charge on any atom is 0.237 e. The Morgan fingerprint density at radius 1 is 1.71 bits per heavy atom. The highest BCUT2D eigenvalue weighted by atomic mass is 35.5. The zero-order chi connectivity index (χ0) is 12.7. The summed E-state index contributed by atoms with van der Waals surface area (Å²) in [6, 6.07) is 3.45. The van der Waals surface area contributed by atoms with Crippen molar-refractivity contribution in [2.45, 2.75) is 12.2 Å². The van der Waals surface area contributed by atoms with E-state index in [1.807, 2.05) is 6.92 Å². The first-order valence-corrected chi connectivity index (χ1v) is 6.59. The summed E-state index contributed by atoms with van der Waals surface area (Å²) in [5, 5.41) is 2.89. The van der Waals surface area contributed by atoms with Crippen LogP contribution in [0.3, 0.4) is 0 Å². The van der Waals surface area contributed by atoms with Crippen molar-refractivity contribution in [2.24, 2.45) is 0 Å².